The average Bonchev–Trinajstić information content (AvgIpc) is 2.51. The summed E-state index contributed by atoms with van der Waals surface area (Å²) in [6, 6.07) is 5.41. The van der Waals surface area contributed by atoms with Crippen molar-refractivity contribution in [3.63, 3.8) is 0 Å². The van der Waals surface area contributed by atoms with Gasteiger partial charge in [-0.2, -0.15) is 0 Å². The molecule has 1 N–H and O–H groups in total. The summed E-state index contributed by atoms with van der Waals surface area (Å²) in [5, 5.41) is 4.12. The maximum absolute atomic E-state index is 14.6. The summed E-state index contributed by atoms with van der Waals surface area (Å²) in [4.78, 5) is 2.19. The number of nitrogens with zero attached hydrogens (tertiary/aromatic N) is 2. The van der Waals surface area contributed by atoms with Gasteiger partial charge >= 0.3 is 0 Å². The van der Waals surface area contributed by atoms with Gasteiger partial charge in [-0.05, 0) is 25.2 Å². The van der Waals surface area contributed by atoms with E-state index in [2.05, 4.69) is 21.4 Å². The molecule has 1 aromatic carbocycles. The minimum Gasteiger partial charge on any atom is -0.344 e. The zero-order chi connectivity index (χ0) is 15.7. The van der Waals surface area contributed by atoms with E-state index in [1.807, 2.05) is 31.5 Å². The SMILES string of the molecule is C=CCn1ccc(=S)c2cc(F)c(C3CNCCN3C)cc21. The smallest absolute Gasteiger partial charge is 0.128 e. The van der Waals surface area contributed by atoms with Gasteiger partial charge in [0.25, 0.3) is 0 Å². The van der Waals surface area contributed by atoms with Crippen LogP contribution in [0.4, 0.5) is 4.39 Å². The van der Waals surface area contributed by atoms with Crippen molar-refractivity contribution in [1.29, 1.82) is 0 Å². The van der Waals surface area contributed by atoms with Crippen LogP contribution in [0, 0.1) is 10.3 Å². The van der Waals surface area contributed by atoms with Gasteiger partial charge < -0.3 is 9.88 Å². The molecule has 2 aromatic rings. The van der Waals surface area contributed by atoms with Crippen molar-refractivity contribution in [3.05, 3.63) is 52.9 Å². The van der Waals surface area contributed by atoms with Gasteiger partial charge in [0, 0.05) is 53.9 Å². The highest BCUT2D eigenvalue weighted by Gasteiger charge is 2.24. The number of hydrogen-bond acceptors (Lipinski definition) is 3. The molecule has 1 aliphatic rings. The molecule has 0 spiro atoms. The molecule has 3 rings (SSSR count). The van der Waals surface area contributed by atoms with E-state index in [1.54, 1.807) is 6.07 Å². The standard InChI is InChI=1S/C17H20FN3S/c1-3-6-21-7-4-17(22)13-9-14(18)12(10-15(13)21)16-11-19-5-8-20(16)2/h3-4,7,9-10,16,19H,1,5-6,8,11H2,2H3. The van der Waals surface area contributed by atoms with Crippen LogP contribution in [0.1, 0.15) is 11.6 Å². The highest BCUT2D eigenvalue weighted by Crippen LogP contribution is 2.28. The summed E-state index contributed by atoms with van der Waals surface area (Å²) in [5.41, 5.74) is 1.68. The van der Waals surface area contributed by atoms with Crippen molar-refractivity contribution < 1.29 is 4.39 Å². The molecule has 116 valence electrons. The predicted octanol–water partition coefficient (Wildman–Crippen LogP) is 3.27. The monoisotopic (exact) mass is 317 g/mol. The summed E-state index contributed by atoms with van der Waals surface area (Å²) in [6.07, 6.45) is 3.77. The Morgan fingerprint density at radius 3 is 3.05 bits per heavy atom. The lowest BCUT2D eigenvalue weighted by Gasteiger charge is -2.33. The molecule has 0 saturated carbocycles. The molecule has 0 aliphatic carbocycles. The second kappa shape index (κ2) is 6.28. The van der Waals surface area contributed by atoms with Gasteiger partial charge in [0.05, 0.1) is 5.52 Å². The summed E-state index contributed by atoms with van der Waals surface area (Å²) in [6.45, 7) is 7.07. The number of aromatic nitrogens is 1. The van der Waals surface area contributed by atoms with Gasteiger partial charge in [-0.1, -0.05) is 18.3 Å². The summed E-state index contributed by atoms with van der Waals surface area (Å²) in [5.74, 6) is -0.185. The van der Waals surface area contributed by atoms with Gasteiger partial charge in [-0.15, -0.1) is 6.58 Å². The lowest BCUT2D eigenvalue weighted by Crippen LogP contribution is -2.44. The average molecular weight is 317 g/mol. The first kappa shape index (κ1) is 15.3. The quantitative estimate of drug-likeness (QED) is 0.693. The van der Waals surface area contributed by atoms with E-state index in [9.17, 15) is 4.39 Å². The fraction of sp³-hybridized carbons (Fsp3) is 0.353. The molecule has 1 aliphatic heterocycles. The van der Waals surface area contributed by atoms with Crippen molar-refractivity contribution in [2.45, 2.75) is 12.6 Å². The molecule has 3 nitrogen and oxygen atoms in total. The molecule has 1 saturated heterocycles. The van der Waals surface area contributed by atoms with Gasteiger partial charge in [0.1, 0.15) is 5.82 Å². The number of pyridine rings is 1. The Hall–Kier alpha value is -1.56. The molecule has 2 heterocycles. The maximum Gasteiger partial charge on any atom is 0.128 e. The fourth-order valence-corrected chi connectivity index (χ4v) is 3.27. The highest BCUT2D eigenvalue weighted by atomic mass is 32.1. The maximum atomic E-state index is 14.6. The molecule has 5 heteroatoms. The van der Waals surface area contributed by atoms with Crippen LogP contribution in [0.5, 0.6) is 0 Å². The lowest BCUT2D eigenvalue weighted by atomic mass is 10.0. The van der Waals surface area contributed by atoms with E-state index in [0.717, 1.165) is 36.1 Å². The third-order valence-electron chi connectivity index (χ3n) is 4.29. The summed E-state index contributed by atoms with van der Waals surface area (Å²) in [7, 11) is 2.04. The van der Waals surface area contributed by atoms with E-state index < -0.39 is 0 Å². The van der Waals surface area contributed by atoms with E-state index >= 15 is 0 Å². The Balaban J connectivity index is 2.19. The van der Waals surface area contributed by atoms with E-state index in [0.29, 0.717) is 11.1 Å². The van der Waals surface area contributed by atoms with Crippen LogP contribution in [-0.4, -0.2) is 36.1 Å². The summed E-state index contributed by atoms with van der Waals surface area (Å²) >= 11 is 5.35. The van der Waals surface area contributed by atoms with E-state index in [4.69, 9.17) is 12.2 Å². The minimum absolute atomic E-state index is 0.0455. The van der Waals surface area contributed by atoms with Crippen LogP contribution in [0.15, 0.2) is 37.1 Å². The fourth-order valence-electron chi connectivity index (χ4n) is 3.05. The molecule has 0 amide bonds. The second-order valence-electron chi connectivity index (χ2n) is 5.71. The molecule has 1 fully saturated rings. The van der Waals surface area contributed by atoms with Crippen molar-refractivity contribution in [2.75, 3.05) is 26.7 Å². The Labute approximate surface area is 135 Å². The minimum atomic E-state index is -0.185. The molecule has 22 heavy (non-hydrogen) atoms. The molecule has 1 unspecified atom stereocenters. The number of allylic oxidation sites excluding steroid dienone is 1. The largest absolute Gasteiger partial charge is 0.344 e. The van der Waals surface area contributed by atoms with Crippen LogP contribution >= 0.6 is 12.2 Å². The number of halogens is 1. The number of fused-ring (bicyclic) bond motifs is 1. The first-order chi connectivity index (χ1) is 10.6. The number of piperazine rings is 1. The van der Waals surface area contributed by atoms with Crippen molar-refractivity contribution in [2.24, 2.45) is 0 Å². The first-order valence-corrected chi connectivity index (χ1v) is 7.87. The van der Waals surface area contributed by atoms with Gasteiger partial charge in [0.15, 0.2) is 0 Å². The number of benzene rings is 1. The number of nitrogens with one attached hydrogen (secondary N) is 1. The van der Waals surface area contributed by atoms with Crippen LogP contribution in [0.25, 0.3) is 10.9 Å². The Morgan fingerprint density at radius 2 is 2.32 bits per heavy atom. The van der Waals surface area contributed by atoms with E-state index in [-0.39, 0.29) is 11.9 Å². The van der Waals surface area contributed by atoms with Gasteiger partial charge in [0.2, 0.25) is 0 Å². The van der Waals surface area contributed by atoms with Crippen molar-refractivity contribution in [1.82, 2.24) is 14.8 Å². The normalized spacial score (nSPS) is 19.5. The second-order valence-corrected chi connectivity index (χ2v) is 6.15. The van der Waals surface area contributed by atoms with E-state index in [1.165, 1.54) is 0 Å². The van der Waals surface area contributed by atoms with Crippen LogP contribution in [-0.2, 0) is 6.54 Å². The van der Waals surface area contributed by atoms with Crippen molar-refractivity contribution >= 4 is 23.1 Å². The zero-order valence-corrected chi connectivity index (χ0v) is 13.5. The molecule has 0 bridgehead atoms. The Kier molecular flexibility index (Phi) is 4.38. The number of hydrogen-bond donors (Lipinski definition) is 1. The van der Waals surface area contributed by atoms with Crippen molar-refractivity contribution in [3.8, 4) is 0 Å². The molecule has 1 aromatic heterocycles. The highest BCUT2D eigenvalue weighted by molar-refractivity contribution is 7.71. The molecular formula is C17H20FN3S. The summed E-state index contributed by atoms with van der Waals surface area (Å²) < 4.78 is 17.4. The van der Waals surface area contributed by atoms with Crippen LogP contribution in [0.2, 0.25) is 0 Å². The topological polar surface area (TPSA) is 20.2 Å². The third-order valence-corrected chi connectivity index (χ3v) is 4.65. The number of likely N-dealkylation sites (N-methyl/N-ethyl adjacent to an activating group) is 1. The van der Waals surface area contributed by atoms with Gasteiger partial charge in [-0.3, -0.25) is 4.90 Å². The Morgan fingerprint density at radius 1 is 1.50 bits per heavy atom. The first-order valence-electron chi connectivity index (χ1n) is 7.46. The Bertz CT molecular complexity index is 768. The van der Waals surface area contributed by atoms with Gasteiger partial charge in [-0.25, -0.2) is 4.39 Å². The third kappa shape index (κ3) is 2.72. The molecular weight excluding hydrogens is 297 g/mol. The van der Waals surface area contributed by atoms with Crippen LogP contribution in [0.3, 0.4) is 0 Å². The number of rotatable bonds is 3. The lowest BCUT2D eigenvalue weighted by molar-refractivity contribution is 0.198. The van der Waals surface area contributed by atoms with Crippen LogP contribution < -0.4 is 5.32 Å². The molecule has 1 atom stereocenters. The molecule has 0 radical (unpaired) electrons. The predicted molar refractivity (Wildman–Crippen MR) is 91.2 cm³/mol. The zero-order valence-electron chi connectivity index (χ0n) is 12.7.